The summed E-state index contributed by atoms with van der Waals surface area (Å²) in [6.07, 6.45) is 3.56. The first-order valence-electron chi connectivity index (χ1n) is 5.72. The summed E-state index contributed by atoms with van der Waals surface area (Å²) in [7, 11) is 1.90. The van der Waals surface area contributed by atoms with E-state index in [1.807, 2.05) is 24.7 Å². The Morgan fingerprint density at radius 3 is 2.78 bits per heavy atom. The third-order valence-electron chi connectivity index (χ3n) is 2.92. The van der Waals surface area contributed by atoms with Crippen molar-refractivity contribution in [3.8, 4) is 0 Å². The number of nitrogens with zero attached hydrogens (tertiary/aromatic N) is 2. The lowest BCUT2D eigenvalue weighted by atomic mass is 10.1. The van der Waals surface area contributed by atoms with Crippen molar-refractivity contribution in [3.05, 3.63) is 53.6 Å². The van der Waals surface area contributed by atoms with Crippen molar-refractivity contribution in [2.45, 2.75) is 19.5 Å². The number of hydrogen-bond acceptors (Lipinski definition) is 2. The molecule has 3 nitrogen and oxygen atoms in total. The Labute approximate surface area is 104 Å². The molecule has 0 radical (unpaired) electrons. The summed E-state index contributed by atoms with van der Waals surface area (Å²) < 4.78 is 28.2. The van der Waals surface area contributed by atoms with Crippen molar-refractivity contribution < 1.29 is 8.78 Å². The first kappa shape index (κ1) is 12.7. The second kappa shape index (κ2) is 5.27. The fourth-order valence-electron chi connectivity index (χ4n) is 1.77. The van der Waals surface area contributed by atoms with Gasteiger partial charge in [-0.3, -0.25) is 0 Å². The van der Waals surface area contributed by atoms with E-state index in [1.54, 1.807) is 6.20 Å². The van der Waals surface area contributed by atoms with Gasteiger partial charge in [-0.15, -0.1) is 0 Å². The van der Waals surface area contributed by atoms with E-state index in [-0.39, 0.29) is 6.04 Å². The van der Waals surface area contributed by atoms with Gasteiger partial charge in [0.05, 0.1) is 6.54 Å². The van der Waals surface area contributed by atoms with Crippen molar-refractivity contribution >= 4 is 0 Å². The minimum Gasteiger partial charge on any atom is -0.337 e. The van der Waals surface area contributed by atoms with Gasteiger partial charge in [0.2, 0.25) is 0 Å². The van der Waals surface area contributed by atoms with Gasteiger partial charge in [0.1, 0.15) is 17.5 Å². The number of nitrogens with one attached hydrogen (secondary N) is 1. The van der Waals surface area contributed by atoms with Crippen LogP contribution in [-0.2, 0) is 13.6 Å². The van der Waals surface area contributed by atoms with Crippen LogP contribution in [0.1, 0.15) is 24.4 Å². The molecule has 1 aromatic carbocycles. The van der Waals surface area contributed by atoms with E-state index in [1.165, 1.54) is 12.1 Å². The summed E-state index contributed by atoms with van der Waals surface area (Å²) in [5.41, 5.74) is 0.450. The molecule has 0 aliphatic rings. The molecule has 1 aromatic heterocycles. The van der Waals surface area contributed by atoms with Gasteiger partial charge in [0.15, 0.2) is 0 Å². The second-order valence-electron chi connectivity index (χ2n) is 4.22. The molecule has 0 amide bonds. The Morgan fingerprint density at radius 2 is 2.17 bits per heavy atom. The zero-order valence-corrected chi connectivity index (χ0v) is 10.3. The normalized spacial score (nSPS) is 12.7. The van der Waals surface area contributed by atoms with Crippen LogP contribution in [0.5, 0.6) is 0 Å². The first-order chi connectivity index (χ1) is 8.58. The lowest BCUT2D eigenvalue weighted by Gasteiger charge is -2.14. The molecule has 2 rings (SSSR count). The van der Waals surface area contributed by atoms with E-state index in [2.05, 4.69) is 10.3 Å². The molecule has 1 N–H and O–H groups in total. The maximum atomic E-state index is 13.5. The van der Waals surface area contributed by atoms with E-state index < -0.39 is 11.6 Å². The Hall–Kier alpha value is -1.75. The molecule has 1 unspecified atom stereocenters. The van der Waals surface area contributed by atoms with Gasteiger partial charge in [0, 0.05) is 37.1 Å². The minimum atomic E-state index is -0.562. The quantitative estimate of drug-likeness (QED) is 0.905. The summed E-state index contributed by atoms with van der Waals surface area (Å²) >= 11 is 0. The minimum absolute atomic E-state index is 0.206. The zero-order chi connectivity index (χ0) is 13.1. The molecule has 18 heavy (non-hydrogen) atoms. The molecule has 0 aliphatic heterocycles. The number of benzene rings is 1. The number of imidazole rings is 1. The fourth-order valence-corrected chi connectivity index (χ4v) is 1.77. The standard InChI is InChI=1S/C13H15F2N3/c1-9(11-4-3-10(14)7-12(11)15)17-8-13-16-5-6-18(13)2/h3-7,9,17H,8H2,1-2H3. The highest BCUT2D eigenvalue weighted by Crippen LogP contribution is 2.17. The largest absolute Gasteiger partial charge is 0.337 e. The highest BCUT2D eigenvalue weighted by atomic mass is 19.1. The number of aryl methyl sites for hydroxylation is 1. The lowest BCUT2D eigenvalue weighted by molar-refractivity contribution is 0.507. The van der Waals surface area contributed by atoms with Crippen LogP contribution in [0.25, 0.3) is 0 Å². The molecule has 5 heteroatoms. The third-order valence-corrected chi connectivity index (χ3v) is 2.92. The van der Waals surface area contributed by atoms with Crippen molar-refractivity contribution in [2.75, 3.05) is 0 Å². The molecular formula is C13H15F2N3. The van der Waals surface area contributed by atoms with Crippen LogP contribution in [0.4, 0.5) is 8.78 Å². The second-order valence-corrected chi connectivity index (χ2v) is 4.22. The predicted octanol–water partition coefficient (Wildman–Crippen LogP) is 2.55. The summed E-state index contributed by atoms with van der Waals surface area (Å²) in [6, 6.07) is 3.41. The first-order valence-corrected chi connectivity index (χ1v) is 5.72. The molecule has 0 saturated carbocycles. The maximum absolute atomic E-state index is 13.5. The van der Waals surface area contributed by atoms with Gasteiger partial charge in [-0.1, -0.05) is 6.07 Å². The maximum Gasteiger partial charge on any atom is 0.130 e. The topological polar surface area (TPSA) is 29.9 Å². The van der Waals surface area contributed by atoms with Crippen LogP contribution in [0, 0.1) is 11.6 Å². The molecule has 0 aliphatic carbocycles. The molecule has 0 fully saturated rings. The van der Waals surface area contributed by atoms with Crippen molar-refractivity contribution in [3.63, 3.8) is 0 Å². The number of hydrogen-bond donors (Lipinski definition) is 1. The fraction of sp³-hybridized carbons (Fsp3) is 0.308. The van der Waals surface area contributed by atoms with Gasteiger partial charge < -0.3 is 9.88 Å². The molecule has 2 aromatic rings. The smallest absolute Gasteiger partial charge is 0.130 e. The number of halogens is 2. The SMILES string of the molecule is CC(NCc1nccn1C)c1ccc(F)cc1F. The number of aromatic nitrogens is 2. The van der Waals surface area contributed by atoms with Gasteiger partial charge >= 0.3 is 0 Å². The van der Waals surface area contributed by atoms with Gasteiger partial charge in [-0.25, -0.2) is 13.8 Å². The predicted molar refractivity (Wildman–Crippen MR) is 64.8 cm³/mol. The highest BCUT2D eigenvalue weighted by molar-refractivity contribution is 5.21. The molecule has 1 heterocycles. The summed E-state index contributed by atoms with van der Waals surface area (Å²) in [5.74, 6) is -0.230. The monoisotopic (exact) mass is 251 g/mol. The van der Waals surface area contributed by atoms with E-state index in [0.717, 1.165) is 11.9 Å². The molecular weight excluding hydrogens is 236 g/mol. The average Bonchev–Trinajstić information content (AvgIpc) is 2.72. The summed E-state index contributed by atoms with van der Waals surface area (Å²) in [4.78, 5) is 4.16. The highest BCUT2D eigenvalue weighted by Gasteiger charge is 2.11. The van der Waals surface area contributed by atoms with Crippen LogP contribution in [-0.4, -0.2) is 9.55 Å². The van der Waals surface area contributed by atoms with E-state index >= 15 is 0 Å². The van der Waals surface area contributed by atoms with Crippen LogP contribution in [0.3, 0.4) is 0 Å². The molecule has 0 bridgehead atoms. The zero-order valence-electron chi connectivity index (χ0n) is 10.3. The Bertz CT molecular complexity index is 537. The van der Waals surface area contributed by atoms with Gasteiger partial charge in [0.25, 0.3) is 0 Å². The molecule has 0 saturated heterocycles. The molecule has 96 valence electrons. The van der Waals surface area contributed by atoms with Crippen LogP contribution in [0.2, 0.25) is 0 Å². The number of rotatable bonds is 4. The third kappa shape index (κ3) is 2.73. The van der Waals surface area contributed by atoms with E-state index in [9.17, 15) is 8.78 Å². The van der Waals surface area contributed by atoms with Crippen LogP contribution in [0.15, 0.2) is 30.6 Å². The van der Waals surface area contributed by atoms with E-state index in [4.69, 9.17) is 0 Å². The Morgan fingerprint density at radius 1 is 1.39 bits per heavy atom. The van der Waals surface area contributed by atoms with Gasteiger partial charge in [-0.2, -0.15) is 0 Å². The lowest BCUT2D eigenvalue weighted by Crippen LogP contribution is -2.21. The molecule has 1 atom stereocenters. The summed E-state index contributed by atoms with van der Waals surface area (Å²) in [5, 5.41) is 3.16. The Kier molecular flexibility index (Phi) is 3.72. The van der Waals surface area contributed by atoms with Gasteiger partial charge in [-0.05, 0) is 13.0 Å². The van der Waals surface area contributed by atoms with Crippen molar-refractivity contribution in [1.82, 2.24) is 14.9 Å². The van der Waals surface area contributed by atoms with Crippen LogP contribution < -0.4 is 5.32 Å². The molecule has 0 spiro atoms. The summed E-state index contributed by atoms with van der Waals surface area (Å²) in [6.45, 7) is 2.36. The van der Waals surface area contributed by atoms with Crippen molar-refractivity contribution in [2.24, 2.45) is 7.05 Å². The van der Waals surface area contributed by atoms with E-state index in [0.29, 0.717) is 12.1 Å². The van der Waals surface area contributed by atoms with Crippen molar-refractivity contribution in [1.29, 1.82) is 0 Å². The average molecular weight is 251 g/mol. The Balaban J connectivity index is 2.03. The van der Waals surface area contributed by atoms with Crippen LogP contribution >= 0.6 is 0 Å².